The number of nitrogens with zero attached hydrogens (tertiary/aromatic N) is 3. The number of rotatable bonds is 6. The van der Waals surface area contributed by atoms with Gasteiger partial charge in [-0.15, -0.1) is 11.3 Å². The zero-order chi connectivity index (χ0) is 20.1. The lowest BCUT2D eigenvalue weighted by Gasteiger charge is -2.25. The van der Waals surface area contributed by atoms with Crippen LogP contribution in [0.3, 0.4) is 0 Å². The summed E-state index contributed by atoms with van der Waals surface area (Å²) < 4.78 is 16.3. The highest BCUT2D eigenvalue weighted by atomic mass is 32.1. The molecule has 0 saturated heterocycles. The van der Waals surface area contributed by atoms with Crippen molar-refractivity contribution in [1.82, 2.24) is 9.97 Å². The number of thiophene rings is 1. The van der Waals surface area contributed by atoms with Crippen LogP contribution in [0.5, 0.6) is 11.5 Å². The molecule has 0 fully saturated rings. The molecule has 1 amide bonds. The molecule has 2 aromatic heterocycles. The van der Waals surface area contributed by atoms with Crippen LogP contribution in [-0.2, 0) is 16.1 Å². The smallest absolute Gasteiger partial charge is 0.359 e. The molecule has 0 atom stereocenters. The Kier molecular flexibility index (Phi) is 5.66. The fourth-order valence-electron chi connectivity index (χ4n) is 2.77. The minimum absolute atomic E-state index is 0.0458. The van der Waals surface area contributed by atoms with E-state index >= 15 is 0 Å². The normalized spacial score (nSPS) is 12.3. The lowest BCUT2D eigenvalue weighted by Crippen LogP contribution is -2.34. The largest absolute Gasteiger partial charge is 0.486 e. The van der Waals surface area contributed by atoms with Gasteiger partial charge in [-0.25, -0.2) is 9.78 Å². The summed E-state index contributed by atoms with van der Waals surface area (Å²) in [6.07, 6.45) is 4.13. The highest BCUT2D eigenvalue weighted by Crippen LogP contribution is 2.34. The zero-order valence-corrected chi connectivity index (χ0v) is 16.1. The van der Waals surface area contributed by atoms with Crippen LogP contribution in [0.1, 0.15) is 15.4 Å². The number of hydrogen-bond acceptors (Lipinski definition) is 8. The molecule has 0 unspecified atom stereocenters. The molecule has 1 aromatic carbocycles. The minimum Gasteiger partial charge on any atom is -0.486 e. The molecule has 1 aliphatic heterocycles. The van der Waals surface area contributed by atoms with E-state index in [9.17, 15) is 9.59 Å². The van der Waals surface area contributed by atoms with Crippen molar-refractivity contribution in [3.63, 3.8) is 0 Å². The van der Waals surface area contributed by atoms with Crippen LogP contribution in [0, 0.1) is 0 Å². The summed E-state index contributed by atoms with van der Waals surface area (Å²) in [5, 5.41) is 1.94. The highest BCUT2D eigenvalue weighted by molar-refractivity contribution is 7.09. The van der Waals surface area contributed by atoms with E-state index in [4.69, 9.17) is 14.2 Å². The molecule has 29 heavy (non-hydrogen) atoms. The molecule has 148 valence electrons. The van der Waals surface area contributed by atoms with Gasteiger partial charge in [-0.05, 0) is 23.6 Å². The van der Waals surface area contributed by atoms with Crippen LogP contribution in [0.15, 0.2) is 54.3 Å². The maximum Gasteiger partial charge on any atom is 0.359 e. The molecule has 1 aliphatic rings. The van der Waals surface area contributed by atoms with Crippen molar-refractivity contribution >= 4 is 28.9 Å². The van der Waals surface area contributed by atoms with E-state index in [0.29, 0.717) is 36.9 Å². The third-order valence-corrected chi connectivity index (χ3v) is 4.99. The minimum atomic E-state index is -0.704. The first-order valence-corrected chi connectivity index (χ1v) is 9.74. The predicted octanol–water partition coefficient (Wildman–Crippen LogP) is 2.70. The Morgan fingerprint density at radius 3 is 2.76 bits per heavy atom. The second-order valence-electron chi connectivity index (χ2n) is 6.05. The van der Waals surface area contributed by atoms with Crippen LogP contribution in [0.2, 0.25) is 0 Å². The third kappa shape index (κ3) is 4.52. The van der Waals surface area contributed by atoms with Crippen molar-refractivity contribution in [2.45, 2.75) is 6.54 Å². The average molecular weight is 411 g/mol. The Bertz CT molecular complexity index is 995. The number of amides is 1. The van der Waals surface area contributed by atoms with Gasteiger partial charge in [0, 0.05) is 29.0 Å². The van der Waals surface area contributed by atoms with E-state index in [1.165, 1.54) is 29.9 Å². The number of hydrogen-bond donors (Lipinski definition) is 0. The Labute approximate surface area is 170 Å². The van der Waals surface area contributed by atoms with Crippen molar-refractivity contribution in [1.29, 1.82) is 0 Å². The van der Waals surface area contributed by atoms with Crippen LogP contribution < -0.4 is 14.4 Å². The van der Waals surface area contributed by atoms with Gasteiger partial charge < -0.3 is 19.1 Å². The van der Waals surface area contributed by atoms with Gasteiger partial charge in [0.15, 0.2) is 23.8 Å². The molecule has 3 heterocycles. The fraction of sp³-hybridized carbons (Fsp3) is 0.200. The van der Waals surface area contributed by atoms with Gasteiger partial charge in [-0.3, -0.25) is 9.78 Å². The summed E-state index contributed by atoms with van der Waals surface area (Å²) in [6, 6.07) is 9.16. The number of carbonyl (C=O) groups excluding carboxylic acids is 2. The van der Waals surface area contributed by atoms with E-state index < -0.39 is 12.6 Å². The number of esters is 1. The van der Waals surface area contributed by atoms with Gasteiger partial charge >= 0.3 is 5.97 Å². The molecule has 0 saturated carbocycles. The van der Waals surface area contributed by atoms with Crippen LogP contribution >= 0.6 is 11.3 Å². The van der Waals surface area contributed by atoms with Gasteiger partial charge in [0.2, 0.25) is 0 Å². The van der Waals surface area contributed by atoms with E-state index in [1.807, 2.05) is 17.5 Å². The average Bonchev–Trinajstić information content (AvgIpc) is 3.29. The lowest BCUT2D eigenvalue weighted by atomic mass is 10.2. The van der Waals surface area contributed by atoms with Crippen LogP contribution in [0.4, 0.5) is 5.69 Å². The Hall–Kier alpha value is -3.46. The Morgan fingerprint density at radius 1 is 1.14 bits per heavy atom. The van der Waals surface area contributed by atoms with Crippen LogP contribution in [-0.4, -0.2) is 41.7 Å². The number of carbonyl (C=O) groups is 2. The van der Waals surface area contributed by atoms with Crippen molar-refractivity contribution < 1.29 is 23.8 Å². The molecule has 0 aliphatic carbocycles. The summed E-state index contributed by atoms with van der Waals surface area (Å²) in [5.41, 5.74) is 0.674. The zero-order valence-electron chi connectivity index (χ0n) is 15.3. The summed E-state index contributed by atoms with van der Waals surface area (Å²) in [7, 11) is 0. The predicted molar refractivity (Wildman–Crippen MR) is 105 cm³/mol. The quantitative estimate of drug-likeness (QED) is 0.576. The van der Waals surface area contributed by atoms with Crippen molar-refractivity contribution in [3.05, 3.63) is 64.9 Å². The molecule has 3 aromatic rings. The standard InChI is InChI=1S/C20H17N3O5S/c24-19(13-28-20(25)16-11-21-5-6-22-16)23(12-15-2-1-9-29-15)14-3-4-17-18(10-14)27-8-7-26-17/h1-6,9-11H,7-8,12-13H2. The molecule has 9 heteroatoms. The maximum absolute atomic E-state index is 12.9. The molecule has 4 rings (SSSR count). The van der Waals surface area contributed by atoms with E-state index in [2.05, 4.69) is 9.97 Å². The van der Waals surface area contributed by atoms with E-state index in [1.54, 1.807) is 23.1 Å². The first kappa shape index (κ1) is 18.9. The van der Waals surface area contributed by atoms with Gasteiger partial charge in [0.05, 0.1) is 12.7 Å². The Balaban J connectivity index is 1.52. The second-order valence-corrected chi connectivity index (χ2v) is 7.09. The van der Waals surface area contributed by atoms with Crippen molar-refractivity contribution in [2.75, 3.05) is 24.7 Å². The number of anilines is 1. The van der Waals surface area contributed by atoms with E-state index in [0.717, 1.165) is 4.88 Å². The van der Waals surface area contributed by atoms with Gasteiger partial charge in [-0.1, -0.05) is 6.07 Å². The third-order valence-electron chi connectivity index (χ3n) is 4.13. The van der Waals surface area contributed by atoms with Crippen molar-refractivity contribution in [3.8, 4) is 11.5 Å². The highest BCUT2D eigenvalue weighted by Gasteiger charge is 2.22. The molecular formula is C20H17N3O5S. The summed E-state index contributed by atoms with van der Waals surface area (Å²) >= 11 is 1.54. The number of fused-ring (bicyclic) bond motifs is 1. The second kappa shape index (κ2) is 8.70. The fourth-order valence-corrected chi connectivity index (χ4v) is 3.46. The molecule has 0 spiro atoms. The lowest BCUT2D eigenvalue weighted by molar-refractivity contribution is -0.121. The number of benzene rings is 1. The first-order valence-electron chi connectivity index (χ1n) is 8.86. The maximum atomic E-state index is 12.9. The topological polar surface area (TPSA) is 90.9 Å². The summed E-state index contributed by atoms with van der Waals surface area (Å²) in [6.45, 7) is 0.863. The molecular weight excluding hydrogens is 394 g/mol. The van der Waals surface area contributed by atoms with Gasteiger partial charge in [-0.2, -0.15) is 0 Å². The SMILES string of the molecule is O=C(OCC(=O)N(Cc1cccs1)c1ccc2c(c1)OCCO2)c1cnccn1. The molecule has 0 radical (unpaired) electrons. The first-order chi connectivity index (χ1) is 14.2. The monoisotopic (exact) mass is 411 g/mol. The number of aromatic nitrogens is 2. The Morgan fingerprint density at radius 2 is 2.00 bits per heavy atom. The molecule has 0 bridgehead atoms. The molecule has 8 nitrogen and oxygen atoms in total. The summed E-state index contributed by atoms with van der Waals surface area (Å²) in [5.74, 6) is 0.143. The molecule has 0 N–H and O–H groups in total. The van der Waals surface area contributed by atoms with E-state index in [-0.39, 0.29) is 11.6 Å². The summed E-state index contributed by atoms with van der Waals surface area (Å²) in [4.78, 5) is 35.3. The van der Waals surface area contributed by atoms with Crippen LogP contribution in [0.25, 0.3) is 0 Å². The van der Waals surface area contributed by atoms with Crippen molar-refractivity contribution in [2.24, 2.45) is 0 Å². The van der Waals surface area contributed by atoms with Gasteiger partial charge in [0.25, 0.3) is 5.91 Å². The number of ether oxygens (including phenoxy) is 3. The van der Waals surface area contributed by atoms with Gasteiger partial charge in [0.1, 0.15) is 13.2 Å².